The topological polar surface area (TPSA) is 35.5 Å². The van der Waals surface area contributed by atoms with Crippen LogP contribution in [0.3, 0.4) is 0 Å². The average Bonchev–Trinajstić information content (AvgIpc) is 2.48. The molecule has 1 saturated heterocycles. The van der Waals surface area contributed by atoms with Crippen LogP contribution in [-0.4, -0.2) is 31.3 Å². The molecule has 0 aromatic heterocycles. The second-order valence-corrected chi connectivity index (χ2v) is 6.77. The molecule has 1 unspecified atom stereocenters. The van der Waals surface area contributed by atoms with Gasteiger partial charge in [-0.15, -0.1) is 0 Å². The largest absolute Gasteiger partial charge is 0.396 e. The lowest BCUT2D eigenvalue weighted by molar-refractivity contribution is 0.208. The van der Waals surface area contributed by atoms with E-state index in [0.717, 1.165) is 32.6 Å². The zero-order chi connectivity index (χ0) is 15.2. The van der Waals surface area contributed by atoms with E-state index in [2.05, 4.69) is 49.2 Å². The first-order valence-corrected chi connectivity index (χ1v) is 8.26. The quantitative estimate of drug-likeness (QED) is 0.845. The minimum Gasteiger partial charge on any atom is -0.396 e. The van der Waals surface area contributed by atoms with Gasteiger partial charge in [0.2, 0.25) is 0 Å². The minimum absolute atomic E-state index is 0.312. The predicted molar refractivity (Wildman–Crippen MR) is 89.7 cm³/mol. The van der Waals surface area contributed by atoms with Gasteiger partial charge in [0.25, 0.3) is 0 Å². The molecule has 21 heavy (non-hydrogen) atoms. The highest BCUT2D eigenvalue weighted by molar-refractivity contribution is 5.51. The lowest BCUT2D eigenvalue weighted by Gasteiger charge is -2.34. The number of aliphatic hydroxyl groups is 1. The first-order valence-electron chi connectivity index (χ1n) is 8.26. The van der Waals surface area contributed by atoms with Gasteiger partial charge in [-0.3, -0.25) is 0 Å². The van der Waals surface area contributed by atoms with E-state index in [9.17, 15) is 5.11 Å². The molecular formula is C18H30N2O. The molecule has 1 aliphatic rings. The van der Waals surface area contributed by atoms with Crippen LogP contribution in [0.15, 0.2) is 18.2 Å². The molecule has 1 fully saturated rings. The van der Waals surface area contributed by atoms with Crippen molar-refractivity contribution in [1.29, 1.82) is 0 Å². The molecule has 0 radical (unpaired) electrons. The smallest absolute Gasteiger partial charge is 0.0476 e. The van der Waals surface area contributed by atoms with Gasteiger partial charge in [-0.1, -0.05) is 19.9 Å². The number of nitrogens with one attached hydrogen (secondary N) is 1. The predicted octanol–water partition coefficient (Wildman–Crippen LogP) is 2.95. The van der Waals surface area contributed by atoms with Gasteiger partial charge < -0.3 is 15.3 Å². The van der Waals surface area contributed by atoms with Crippen LogP contribution in [0.5, 0.6) is 0 Å². The Morgan fingerprint density at radius 3 is 2.86 bits per heavy atom. The van der Waals surface area contributed by atoms with Crippen molar-refractivity contribution in [3.8, 4) is 0 Å². The van der Waals surface area contributed by atoms with E-state index in [1.807, 2.05) is 0 Å². The Hall–Kier alpha value is -1.06. The third-order valence-electron chi connectivity index (χ3n) is 4.34. The third kappa shape index (κ3) is 4.72. The van der Waals surface area contributed by atoms with Crippen LogP contribution in [0.25, 0.3) is 0 Å². The number of aryl methyl sites for hydroxylation is 1. The number of hydrogen-bond acceptors (Lipinski definition) is 3. The molecular weight excluding hydrogens is 260 g/mol. The van der Waals surface area contributed by atoms with E-state index < -0.39 is 0 Å². The van der Waals surface area contributed by atoms with Crippen molar-refractivity contribution in [2.45, 2.75) is 40.2 Å². The first-order chi connectivity index (χ1) is 10.1. The second kappa shape index (κ2) is 7.81. The Bertz CT molecular complexity index is 445. The molecule has 3 nitrogen and oxygen atoms in total. The number of anilines is 1. The highest BCUT2D eigenvalue weighted by Gasteiger charge is 2.19. The van der Waals surface area contributed by atoms with Crippen molar-refractivity contribution in [2.75, 3.05) is 31.1 Å². The molecule has 2 N–H and O–H groups in total. The number of aliphatic hydroxyl groups excluding tert-OH is 1. The molecule has 1 heterocycles. The molecule has 2 rings (SSSR count). The SMILES string of the molecule is Cc1cc(N2CCCC(CO)C2)ccc1CNCC(C)C. The molecule has 0 saturated carbocycles. The van der Waals surface area contributed by atoms with Crippen LogP contribution in [0.2, 0.25) is 0 Å². The van der Waals surface area contributed by atoms with Crippen LogP contribution >= 0.6 is 0 Å². The maximum Gasteiger partial charge on any atom is 0.0476 e. The summed E-state index contributed by atoms with van der Waals surface area (Å²) in [5.41, 5.74) is 4.04. The molecule has 1 aliphatic heterocycles. The zero-order valence-electron chi connectivity index (χ0n) is 13.7. The highest BCUT2D eigenvalue weighted by atomic mass is 16.3. The lowest BCUT2D eigenvalue weighted by Crippen LogP contribution is -2.36. The fraction of sp³-hybridized carbons (Fsp3) is 0.667. The summed E-state index contributed by atoms with van der Waals surface area (Å²) < 4.78 is 0. The van der Waals surface area contributed by atoms with E-state index in [4.69, 9.17) is 0 Å². The average molecular weight is 290 g/mol. The van der Waals surface area contributed by atoms with E-state index in [0.29, 0.717) is 18.4 Å². The fourth-order valence-corrected chi connectivity index (χ4v) is 3.02. The third-order valence-corrected chi connectivity index (χ3v) is 4.34. The summed E-state index contributed by atoms with van der Waals surface area (Å²) in [4.78, 5) is 2.42. The van der Waals surface area contributed by atoms with Crippen LogP contribution in [0.4, 0.5) is 5.69 Å². The molecule has 0 amide bonds. The Morgan fingerprint density at radius 2 is 2.19 bits per heavy atom. The minimum atomic E-state index is 0.312. The van der Waals surface area contributed by atoms with E-state index in [1.54, 1.807) is 0 Å². The number of benzene rings is 1. The summed E-state index contributed by atoms with van der Waals surface area (Å²) >= 11 is 0. The maximum absolute atomic E-state index is 9.36. The van der Waals surface area contributed by atoms with Crippen molar-refractivity contribution < 1.29 is 5.11 Å². The summed E-state index contributed by atoms with van der Waals surface area (Å²) in [5, 5.41) is 12.9. The van der Waals surface area contributed by atoms with Gasteiger partial charge in [-0.25, -0.2) is 0 Å². The van der Waals surface area contributed by atoms with Crippen LogP contribution in [-0.2, 0) is 6.54 Å². The lowest BCUT2D eigenvalue weighted by atomic mass is 9.98. The van der Waals surface area contributed by atoms with Crippen molar-refractivity contribution in [3.63, 3.8) is 0 Å². The van der Waals surface area contributed by atoms with Crippen molar-refractivity contribution in [2.24, 2.45) is 11.8 Å². The maximum atomic E-state index is 9.36. The van der Waals surface area contributed by atoms with Gasteiger partial charge in [-0.2, -0.15) is 0 Å². The van der Waals surface area contributed by atoms with Crippen molar-refractivity contribution in [1.82, 2.24) is 5.32 Å². The normalized spacial score (nSPS) is 19.3. The molecule has 0 aliphatic carbocycles. The number of hydrogen-bond donors (Lipinski definition) is 2. The molecule has 0 spiro atoms. The fourth-order valence-electron chi connectivity index (χ4n) is 3.02. The second-order valence-electron chi connectivity index (χ2n) is 6.77. The molecule has 3 heteroatoms. The first kappa shape index (κ1) is 16.3. The Balaban J connectivity index is 1.97. The number of piperidine rings is 1. The Kier molecular flexibility index (Phi) is 6.07. The van der Waals surface area contributed by atoms with Crippen LogP contribution < -0.4 is 10.2 Å². The van der Waals surface area contributed by atoms with E-state index in [-0.39, 0.29) is 0 Å². The number of rotatable bonds is 6. The standard InChI is InChI=1S/C18H30N2O/c1-14(2)10-19-11-17-6-7-18(9-15(17)3)20-8-4-5-16(12-20)13-21/h6-7,9,14,16,19,21H,4-5,8,10-13H2,1-3H3. The molecule has 118 valence electrons. The van der Waals surface area contributed by atoms with E-state index in [1.165, 1.54) is 23.2 Å². The van der Waals surface area contributed by atoms with Crippen LogP contribution in [0.1, 0.15) is 37.8 Å². The van der Waals surface area contributed by atoms with Crippen molar-refractivity contribution >= 4 is 5.69 Å². The summed E-state index contributed by atoms with van der Waals surface area (Å²) in [6, 6.07) is 6.78. The number of nitrogens with zero attached hydrogens (tertiary/aromatic N) is 1. The molecule has 0 bridgehead atoms. The van der Waals surface area contributed by atoms with Gasteiger partial charge >= 0.3 is 0 Å². The summed E-state index contributed by atoms with van der Waals surface area (Å²) in [6.07, 6.45) is 2.34. The van der Waals surface area contributed by atoms with Crippen LogP contribution in [0, 0.1) is 18.8 Å². The summed E-state index contributed by atoms with van der Waals surface area (Å²) in [7, 11) is 0. The van der Waals surface area contributed by atoms with E-state index >= 15 is 0 Å². The van der Waals surface area contributed by atoms with Gasteiger partial charge in [-0.05, 0) is 61.4 Å². The Morgan fingerprint density at radius 1 is 1.38 bits per heavy atom. The highest BCUT2D eigenvalue weighted by Crippen LogP contribution is 2.25. The zero-order valence-corrected chi connectivity index (χ0v) is 13.7. The monoisotopic (exact) mass is 290 g/mol. The van der Waals surface area contributed by atoms with Gasteiger partial charge in [0, 0.05) is 31.9 Å². The van der Waals surface area contributed by atoms with Crippen molar-refractivity contribution in [3.05, 3.63) is 29.3 Å². The van der Waals surface area contributed by atoms with Gasteiger partial charge in [0.05, 0.1) is 0 Å². The summed E-state index contributed by atoms with van der Waals surface area (Å²) in [5.74, 6) is 1.12. The van der Waals surface area contributed by atoms with Gasteiger partial charge in [0.15, 0.2) is 0 Å². The summed E-state index contributed by atoms with van der Waals surface area (Å²) in [6.45, 7) is 11.1. The molecule has 1 aromatic carbocycles. The molecule has 1 atom stereocenters. The Labute approximate surface area is 129 Å². The van der Waals surface area contributed by atoms with Gasteiger partial charge in [0.1, 0.15) is 0 Å². The molecule has 1 aromatic rings.